The van der Waals surface area contributed by atoms with Crippen molar-refractivity contribution in [3.63, 3.8) is 0 Å². The highest BCUT2D eigenvalue weighted by Gasteiger charge is 2.40. The van der Waals surface area contributed by atoms with Crippen molar-refractivity contribution in [3.05, 3.63) is 71.5 Å². The molecule has 210 valence electrons. The molecule has 0 aliphatic carbocycles. The topological polar surface area (TPSA) is 129 Å². The van der Waals surface area contributed by atoms with Gasteiger partial charge in [-0.05, 0) is 73.4 Å². The van der Waals surface area contributed by atoms with Crippen molar-refractivity contribution in [2.75, 3.05) is 19.6 Å². The van der Waals surface area contributed by atoms with E-state index in [4.69, 9.17) is 11.6 Å². The molecule has 40 heavy (non-hydrogen) atoms. The van der Waals surface area contributed by atoms with Crippen molar-refractivity contribution in [2.24, 2.45) is 0 Å². The van der Waals surface area contributed by atoms with Gasteiger partial charge < -0.3 is 15.1 Å². The Morgan fingerprint density at radius 3 is 2.62 bits per heavy atom. The van der Waals surface area contributed by atoms with Crippen LogP contribution in [0.5, 0.6) is 0 Å². The predicted molar refractivity (Wildman–Crippen MR) is 150 cm³/mol. The monoisotopic (exact) mass is 583 g/mol. The normalized spacial score (nSPS) is 20.5. The van der Waals surface area contributed by atoms with Crippen LogP contribution in [0.4, 0.5) is 0 Å². The Morgan fingerprint density at radius 1 is 1.07 bits per heavy atom. The molecule has 10 nitrogen and oxygen atoms in total. The van der Waals surface area contributed by atoms with Gasteiger partial charge in [0, 0.05) is 43.1 Å². The van der Waals surface area contributed by atoms with Crippen LogP contribution in [-0.2, 0) is 19.6 Å². The molecular formula is C28H30ClN5O5S. The molecule has 0 radical (unpaired) electrons. The molecule has 5 rings (SSSR count). The van der Waals surface area contributed by atoms with Gasteiger partial charge in [0.25, 0.3) is 5.91 Å². The third-order valence-corrected chi connectivity index (χ3v) is 9.14. The Labute approximate surface area is 237 Å². The molecule has 2 aliphatic heterocycles. The fourth-order valence-electron chi connectivity index (χ4n) is 5.27. The standard InChI is InChI=1S/C28H30ClN5O5S/c1-18(27(36)33-12-3-5-23(17-33)31-26(35)21-4-2-11-30-16-21)34-13-10-25(28(34)37)32-40(38,39)24-9-7-19-14-22(29)8-6-20(19)15-24/h2,4,6-9,11,14-16,18,23,25,32H,3,5,10,12-13,17H2,1H3,(H,31,35)/t18-,23?,25-/m0/s1. The number of nitrogens with zero attached hydrogens (tertiary/aromatic N) is 3. The van der Waals surface area contributed by atoms with Gasteiger partial charge in [-0.2, -0.15) is 4.72 Å². The Kier molecular flexibility index (Phi) is 8.07. The van der Waals surface area contributed by atoms with Gasteiger partial charge in [0.2, 0.25) is 21.8 Å². The first kappa shape index (κ1) is 28.0. The summed E-state index contributed by atoms with van der Waals surface area (Å²) in [7, 11) is -3.98. The molecule has 2 aromatic carbocycles. The quantitative estimate of drug-likeness (QED) is 0.440. The number of amides is 3. The van der Waals surface area contributed by atoms with E-state index in [1.54, 1.807) is 54.4 Å². The number of sulfonamides is 1. The van der Waals surface area contributed by atoms with Crippen molar-refractivity contribution >= 4 is 50.1 Å². The number of halogens is 1. The third kappa shape index (κ3) is 5.96. The number of hydrogen-bond donors (Lipinski definition) is 2. The van der Waals surface area contributed by atoms with Crippen LogP contribution in [0.2, 0.25) is 5.02 Å². The van der Waals surface area contributed by atoms with Crippen LogP contribution < -0.4 is 10.0 Å². The van der Waals surface area contributed by atoms with E-state index < -0.39 is 28.0 Å². The number of nitrogens with one attached hydrogen (secondary N) is 2. The summed E-state index contributed by atoms with van der Waals surface area (Å²) in [6.07, 6.45) is 4.78. The molecule has 12 heteroatoms. The molecule has 3 atom stereocenters. The van der Waals surface area contributed by atoms with E-state index in [2.05, 4.69) is 15.0 Å². The van der Waals surface area contributed by atoms with Crippen molar-refractivity contribution < 1.29 is 22.8 Å². The second kappa shape index (κ2) is 11.5. The Hall–Kier alpha value is -3.54. The third-order valence-electron chi connectivity index (χ3n) is 7.44. The number of carbonyl (C=O) groups excluding carboxylic acids is 3. The lowest BCUT2D eigenvalue weighted by Gasteiger charge is -2.36. The summed E-state index contributed by atoms with van der Waals surface area (Å²) in [5.74, 6) is -0.915. The second-order valence-corrected chi connectivity index (χ2v) is 12.3. The number of aromatic nitrogens is 1. The zero-order chi connectivity index (χ0) is 28.4. The predicted octanol–water partition coefficient (Wildman–Crippen LogP) is 2.58. The molecular weight excluding hydrogens is 554 g/mol. The van der Waals surface area contributed by atoms with Crippen LogP contribution in [-0.4, -0.2) is 78.7 Å². The first-order chi connectivity index (χ1) is 19.1. The van der Waals surface area contributed by atoms with Gasteiger partial charge in [0.1, 0.15) is 12.1 Å². The van der Waals surface area contributed by atoms with E-state index in [0.717, 1.165) is 11.8 Å². The van der Waals surface area contributed by atoms with Crippen molar-refractivity contribution in [2.45, 2.75) is 49.2 Å². The molecule has 3 heterocycles. The fourth-order valence-corrected chi connectivity index (χ4v) is 6.71. The van der Waals surface area contributed by atoms with Crippen LogP contribution in [0.25, 0.3) is 10.8 Å². The number of rotatable bonds is 7. The van der Waals surface area contributed by atoms with Gasteiger partial charge in [-0.15, -0.1) is 0 Å². The summed E-state index contributed by atoms with van der Waals surface area (Å²) in [5, 5.41) is 5.03. The number of benzene rings is 2. The largest absolute Gasteiger partial charge is 0.347 e. The van der Waals surface area contributed by atoms with Gasteiger partial charge in [0.05, 0.1) is 10.5 Å². The zero-order valence-corrected chi connectivity index (χ0v) is 23.5. The molecule has 0 saturated carbocycles. The summed E-state index contributed by atoms with van der Waals surface area (Å²) >= 11 is 6.02. The second-order valence-electron chi connectivity index (χ2n) is 10.2. The molecule has 2 fully saturated rings. The van der Waals surface area contributed by atoms with Gasteiger partial charge in [-0.3, -0.25) is 19.4 Å². The Balaban J connectivity index is 1.20. The van der Waals surface area contributed by atoms with E-state index in [-0.39, 0.29) is 35.7 Å². The van der Waals surface area contributed by atoms with Crippen LogP contribution in [0.3, 0.4) is 0 Å². The maximum atomic E-state index is 13.4. The molecule has 2 N–H and O–H groups in total. The van der Waals surface area contributed by atoms with Crippen LogP contribution in [0.1, 0.15) is 36.5 Å². The van der Waals surface area contributed by atoms with E-state index in [1.807, 2.05) is 0 Å². The lowest BCUT2D eigenvalue weighted by atomic mass is 10.0. The molecule has 2 saturated heterocycles. The highest BCUT2D eigenvalue weighted by molar-refractivity contribution is 7.89. The molecule has 2 aliphatic rings. The van der Waals surface area contributed by atoms with Gasteiger partial charge in [-0.1, -0.05) is 23.7 Å². The molecule has 3 amide bonds. The van der Waals surface area contributed by atoms with E-state index in [9.17, 15) is 22.8 Å². The maximum Gasteiger partial charge on any atom is 0.253 e. The summed E-state index contributed by atoms with van der Waals surface area (Å²) < 4.78 is 28.7. The zero-order valence-electron chi connectivity index (χ0n) is 21.9. The lowest BCUT2D eigenvalue weighted by molar-refractivity contribution is -0.144. The smallest absolute Gasteiger partial charge is 0.253 e. The number of hydrogen-bond acceptors (Lipinski definition) is 6. The molecule has 1 unspecified atom stereocenters. The van der Waals surface area contributed by atoms with Gasteiger partial charge in [0.15, 0.2) is 0 Å². The minimum absolute atomic E-state index is 0.0467. The Bertz CT molecular complexity index is 1550. The minimum atomic E-state index is -3.98. The van der Waals surface area contributed by atoms with Crippen molar-refractivity contribution in [1.82, 2.24) is 24.8 Å². The van der Waals surface area contributed by atoms with Gasteiger partial charge >= 0.3 is 0 Å². The number of piperidine rings is 1. The average Bonchev–Trinajstić information content (AvgIpc) is 3.31. The molecule has 0 spiro atoms. The fraction of sp³-hybridized carbons (Fsp3) is 0.357. The van der Waals surface area contributed by atoms with Crippen LogP contribution in [0.15, 0.2) is 65.8 Å². The van der Waals surface area contributed by atoms with Crippen LogP contribution in [0, 0.1) is 0 Å². The summed E-state index contributed by atoms with van der Waals surface area (Å²) in [5.41, 5.74) is 0.448. The van der Waals surface area contributed by atoms with Gasteiger partial charge in [-0.25, -0.2) is 8.42 Å². The number of pyridine rings is 1. The first-order valence-electron chi connectivity index (χ1n) is 13.1. The van der Waals surface area contributed by atoms with E-state index >= 15 is 0 Å². The SMILES string of the molecule is C[C@@H](C(=O)N1CCCC(NC(=O)c2cccnc2)C1)N1CC[C@H](NS(=O)(=O)c2ccc3cc(Cl)ccc3c2)C1=O. The van der Waals surface area contributed by atoms with E-state index in [0.29, 0.717) is 35.5 Å². The lowest BCUT2D eigenvalue weighted by Crippen LogP contribution is -2.55. The van der Waals surface area contributed by atoms with E-state index in [1.165, 1.54) is 23.2 Å². The molecule has 3 aromatic rings. The number of likely N-dealkylation sites (tertiary alicyclic amines) is 2. The average molecular weight is 584 g/mol. The molecule has 1 aromatic heterocycles. The highest BCUT2D eigenvalue weighted by atomic mass is 35.5. The number of carbonyl (C=O) groups is 3. The highest BCUT2D eigenvalue weighted by Crippen LogP contribution is 2.24. The molecule has 0 bridgehead atoms. The van der Waals surface area contributed by atoms with Crippen LogP contribution >= 0.6 is 11.6 Å². The van der Waals surface area contributed by atoms with Crippen molar-refractivity contribution in [3.8, 4) is 0 Å². The summed E-state index contributed by atoms with van der Waals surface area (Å²) in [6.45, 7) is 2.77. The Morgan fingerprint density at radius 2 is 1.85 bits per heavy atom. The number of fused-ring (bicyclic) bond motifs is 1. The summed E-state index contributed by atoms with van der Waals surface area (Å²) in [6, 6.07) is 11.3. The minimum Gasteiger partial charge on any atom is -0.347 e. The van der Waals surface area contributed by atoms with Crippen molar-refractivity contribution in [1.29, 1.82) is 0 Å². The maximum absolute atomic E-state index is 13.4. The summed E-state index contributed by atoms with van der Waals surface area (Å²) in [4.78, 5) is 46.2. The first-order valence-corrected chi connectivity index (χ1v) is 15.0.